The molecule has 0 amide bonds. The monoisotopic (exact) mass is 214 g/mol. The van der Waals surface area contributed by atoms with Crippen LogP contribution in [0, 0.1) is 0 Å². The Hall–Kier alpha value is -0.0800. The summed E-state index contributed by atoms with van der Waals surface area (Å²) in [6, 6.07) is 0. The second-order valence-electron chi connectivity index (χ2n) is 5.49. The Labute approximate surface area is 96.4 Å². The molecule has 0 unspecified atom stereocenters. The zero-order chi connectivity index (χ0) is 11.7. The molecule has 0 radical (unpaired) electrons. The topological polar surface area (TPSA) is 15.3 Å². The zero-order valence-corrected chi connectivity index (χ0v) is 11.4. The molecule has 0 aromatic carbocycles. The van der Waals surface area contributed by atoms with Crippen molar-refractivity contribution in [1.82, 2.24) is 10.2 Å². The van der Waals surface area contributed by atoms with Crippen LogP contribution in [-0.4, -0.2) is 37.1 Å². The summed E-state index contributed by atoms with van der Waals surface area (Å²) in [5, 5.41) is 3.52. The number of nitrogens with one attached hydrogen (secondary N) is 1. The smallest absolute Gasteiger partial charge is 0.00965 e. The van der Waals surface area contributed by atoms with Crippen LogP contribution in [0.3, 0.4) is 0 Å². The van der Waals surface area contributed by atoms with Crippen LogP contribution < -0.4 is 5.32 Å². The normalized spacial score (nSPS) is 12.4. The van der Waals surface area contributed by atoms with Crippen LogP contribution in [0.4, 0.5) is 0 Å². The average Bonchev–Trinajstić information content (AvgIpc) is 2.14. The highest BCUT2D eigenvalue weighted by molar-refractivity contribution is 4.69. The predicted octanol–water partition coefficient (Wildman–Crippen LogP) is 2.89. The molecule has 1 N–H and O–H groups in total. The lowest BCUT2D eigenvalue weighted by molar-refractivity contribution is 0.339. The van der Waals surface area contributed by atoms with E-state index in [0.29, 0.717) is 0 Å². The van der Waals surface area contributed by atoms with Crippen LogP contribution in [0.5, 0.6) is 0 Å². The van der Waals surface area contributed by atoms with Gasteiger partial charge >= 0.3 is 0 Å². The SMILES string of the molecule is CCN(C)CCCCCCNC(C)(C)C. The number of unbranched alkanes of at least 4 members (excludes halogenated alkanes) is 3. The summed E-state index contributed by atoms with van der Waals surface area (Å²) in [5.41, 5.74) is 0.280. The molecule has 2 heteroatoms. The second kappa shape index (κ2) is 8.12. The van der Waals surface area contributed by atoms with E-state index >= 15 is 0 Å². The van der Waals surface area contributed by atoms with Gasteiger partial charge in [-0.1, -0.05) is 19.8 Å². The molecule has 0 aliphatic carbocycles. The number of nitrogens with zero attached hydrogens (tertiary/aromatic N) is 1. The highest BCUT2D eigenvalue weighted by atomic mass is 15.1. The highest BCUT2D eigenvalue weighted by Crippen LogP contribution is 2.03. The summed E-state index contributed by atoms with van der Waals surface area (Å²) in [7, 11) is 2.20. The fraction of sp³-hybridized carbons (Fsp3) is 1.00. The number of hydrogen-bond donors (Lipinski definition) is 1. The molecule has 0 atom stereocenters. The Kier molecular flexibility index (Phi) is 8.07. The van der Waals surface area contributed by atoms with Gasteiger partial charge < -0.3 is 10.2 Å². The zero-order valence-electron chi connectivity index (χ0n) is 11.4. The van der Waals surface area contributed by atoms with E-state index < -0.39 is 0 Å². The van der Waals surface area contributed by atoms with Crippen molar-refractivity contribution in [3.8, 4) is 0 Å². The molecule has 0 spiro atoms. The van der Waals surface area contributed by atoms with E-state index in [4.69, 9.17) is 0 Å². The molecule has 0 fully saturated rings. The highest BCUT2D eigenvalue weighted by Gasteiger charge is 2.06. The molecule has 0 heterocycles. The molecule has 0 bridgehead atoms. The van der Waals surface area contributed by atoms with Crippen molar-refractivity contribution in [3.05, 3.63) is 0 Å². The molecular weight excluding hydrogens is 184 g/mol. The van der Waals surface area contributed by atoms with Crippen molar-refractivity contribution in [3.63, 3.8) is 0 Å². The Morgan fingerprint density at radius 1 is 1.00 bits per heavy atom. The fourth-order valence-electron chi connectivity index (χ4n) is 1.48. The molecule has 92 valence electrons. The summed E-state index contributed by atoms with van der Waals surface area (Å²) >= 11 is 0. The molecule has 15 heavy (non-hydrogen) atoms. The van der Waals surface area contributed by atoms with E-state index in [1.807, 2.05) is 0 Å². The average molecular weight is 214 g/mol. The molecule has 2 nitrogen and oxygen atoms in total. The van der Waals surface area contributed by atoms with Gasteiger partial charge in [0.25, 0.3) is 0 Å². The molecule has 0 aromatic heterocycles. The van der Waals surface area contributed by atoms with Gasteiger partial charge in [0.15, 0.2) is 0 Å². The Morgan fingerprint density at radius 2 is 1.60 bits per heavy atom. The third-order valence-electron chi connectivity index (χ3n) is 2.66. The summed E-state index contributed by atoms with van der Waals surface area (Å²) in [4.78, 5) is 2.38. The van der Waals surface area contributed by atoms with Crippen molar-refractivity contribution in [2.24, 2.45) is 0 Å². The van der Waals surface area contributed by atoms with Crippen LogP contribution in [0.15, 0.2) is 0 Å². The van der Waals surface area contributed by atoms with E-state index in [1.54, 1.807) is 0 Å². The van der Waals surface area contributed by atoms with Crippen LogP contribution >= 0.6 is 0 Å². The van der Waals surface area contributed by atoms with Crippen molar-refractivity contribution >= 4 is 0 Å². The fourth-order valence-corrected chi connectivity index (χ4v) is 1.48. The van der Waals surface area contributed by atoms with E-state index in [1.165, 1.54) is 38.8 Å². The van der Waals surface area contributed by atoms with E-state index in [2.05, 4.69) is 45.0 Å². The largest absolute Gasteiger partial charge is 0.312 e. The molecular formula is C13H30N2. The van der Waals surface area contributed by atoms with Gasteiger partial charge in [0.1, 0.15) is 0 Å². The third kappa shape index (κ3) is 11.8. The summed E-state index contributed by atoms with van der Waals surface area (Å²) in [6.45, 7) is 12.5. The lowest BCUT2D eigenvalue weighted by Gasteiger charge is -2.20. The second-order valence-corrected chi connectivity index (χ2v) is 5.49. The van der Waals surface area contributed by atoms with Crippen LogP contribution in [-0.2, 0) is 0 Å². The molecule has 0 aliphatic heterocycles. The van der Waals surface area contributed by atoms with E-state index in [0.717, 1.165) is 6.54 Å². The lowest BCUT2D eigenvalue weighted by Crippen LogP contribution is -2.36. The molecule has 0 aromatic rings. The minimum atomic E-state index is 0.280. The van der Waals surface area contributed by atoms with Crippen molar-refractivity contribution < 1.29 is 0 Å². The van der Waals surface area contributed by atoms with Crippen LogP contribution in [0.2, 0.25) is 0 Å². The first kappa shape index (κ1) is 14.9. The van der Waals surface area contributed by atoms with Crippen LogP contribution in [0.1, 0.15) is 53.4 Å². The number of hydrogen-bond acceptors (Lipinski definition) is 2. The maximum atomic E-state index is 3.52. The standard InChI is InChI=1S/C13H30N2/c1-6-15(5)12-10-8-7-9-11-14-13(2,3)4/h14H,6-12H2,1-5H3. The molecule has 0 rings (SSSR count). The molecule has 0 saturated carbocycles. The first-order valence-corrected chi connectivity index (χ1v) is 6.39. The minimum Gasteiger partial charge on any atom is -0.312 e. The van der Waals surface area contributed by atoms with Gasteiger partial charge in [0.2, 0.25) is 0 Å². The van der Waals surface area contributed by atoms with Crippen molar-refractivity contribution in [1.29, 1.82) is 0 Å². The van der Waals surface area contributed by atoms with E-state index in [9.17, 15) is 0 Å². The summed E-state index contributed by atoms with van der Waals surface area (Å²) in [6.07, 6.45) is 5.39. The van der Waals surface area contributed by atoms with Gasteiger partial charge in [-0.2, -0.15) is 0 Å². The third-order valence-corrected chi connectivity index (χ3v) is 2.66. The van der Waals surface area contributed by atoms with Crippen LogP contribution in [0.25, 0.3) is 0 Å². The van der Waals surface area contributed by atoms with Crippen molar-refractivity contribution in [2.75, 3.05) is 26.7 Å². The Morgan fingerprint density at radius 3 is 2.13 bits per heavy atom. The maximum absolute atomic E-state index is 3.52. The van der Waals surface area contributed by atoms with Gasteiger partial charge in [-0.25, -0.2) is 0 Å². The van der Waals surface area contributed by atoms with Gasteiger partial charge in [0, 0.05) is 5.54 Å². The summed E-state index contributed by atoms with van der Waals surface area (Å²) < 4.78 is 0. The van der Waals surface area contributed by atoms with Gasteiger partial charge in [-0.3, -0.25) is 0 Å². The van der Waals surface area contributed by atoms with Gasteiger partial charge in [0.05, 0.1) is 0 Å². The first-order chi connectivity index (χ1) is 6.95. The Bertz CT molecular complexity index is 138. The Balaban J connectivity index is 3.12. The molecule has 0 saturated heterocycles. The molecule has 0 aliphatic rings. The van der Waals surface area contributed by atoms with Gasteiger partial charge in [-0.05, 0) is 60.3 Å². The van der Waals surface area contributed by atoms with E-state index in [-0.39, 0.29) is 5.54 Å². The summed E-state index contributed by atoms with van der Waals surface area (Å²) in [5.74, 6) is 0. The predicted molar refractivity (Wildman–Crippen MR) is 69.4 cm³/mol. The van der Waals surface area contributed by atoms with Gasteiger partial charge in [-0.15, -0.1) is 0 Å². The quantitative estimate of drug-likeness (QED) is 0.625. The lowest BCUT2D eigenvalue weighted by atomic mass is 10.1. The van der Waals surface area contributed by atoms with Crippen molar-refractivity contribution in [2.45, 2.75) is 58.9 Å². The first-order valence-electron chi connectivity index (χ1n) is 6.39. The maximum Gasteiger partial charge on any atom is 0.00965 e. The minimum absolute atomic E-state index is 0.280. The number of rotatable bonds is 8.